The number of aliphatic hydroxyl groups excluding tert-OH is 1. The van der Waals surface area contributed by atoms with Crippen molar-refractivity contribution in [3.05, 3.63) is 29.8 Å². The van der Waals surface area contributed by atoms with Crippen molar-refractivity contribution in [2.45, 2.75) is 12.5 Å². The zero-order valence-corrected chi connectivity index (χ0v) is 8.99. The topological polar surface area (TPSA) is 52.6 Å². The van der Waals surface area contributed by atoms with Gasteiger partial charge in [0.05, 0.1) is 11.8 Å². The number of likely N-dealkylation sites (tertiary alicyclic amines) is 1. The van der Waals surface area contributed by atoms with E-state index in [0.717, 1.165) is 18.2 Å². The molecule has 1 atom stereocenters. The molecule has 2 N–H and O–H groups in total. The maximum atomic E-state index is 13.2. The van der Waals surface area contributed by atoms with Crippen molar-refractivity contribution in [2.24, 2.45) is 0 Å². The van der Waals surface area contributed by atoms with Gasteiger partial charge in [-0.2, -0.15) is 0 Å². The molecule has 1 aliphatic heterocycles. The molecular weight excluding hydrogens is 230 g/mol. The number of hydrogen-bond donors (Lipinski definition) is 2. The third-order valence-corrected chi connectivity index (χ3v) is 2.62. The van der Waals surface area contributed by atoms with Crippen LogP contribution in [0.25, 0.3) is 0 Å². The Hall–Kier alpha value is -1.69. The largest absolute Gasteiger partial charge is 0.391 e. The highest BCUT2D eigenvalue weighted by Crippen LogP contribution is 2.17. The highest BCUT2D eigenvalue weighted by Gasteiger charge is 2.24. The monoisotopic (exact) mass is 242 g/mol. The summed E-state index contributed by atoms with van der Waals surface area (Å²) in [4.78, 5) is 13.0. The van der Waals surface area contributed by atoms with Crippen LogP contribution in [0.4, 0.5) is 19.3 Å². The van der Waals surface area contributed by atoms with E-state index < -0.39 is 23.8 Å². The molecule has 0 spiro atoms. The number of β-amino-alcohol motifs (C(OH)–C–C–N with tert-alkyl or cyclic N) is 1. The van der Waals surface area contributed by atoms with E-state index in [9.17, 15) is 18.7 Å². The molecule has 1 aromatic carbocycles. The molecular formula is C11H12F2N2O2. The molecule has 0 radical (unpaired) electrons. The maximum Gasteiger partial charge on any atom is 0.322 e. The number of nitrogens with zero attached hydrogens (tertiary/aromatic N) is 1. The highest BCUT2D eigenvalue weighted by molar-refractivity contribution is 5.89. The van der Waals surface area contributed by atoms with Crippen LogP contribution in [0.3, 0.4) is 0 Å². The zero-order valence-electron chi connectivity index (χ0n) is 8.99. The summed E-state index contributed by atoms with van der Waals surface area (Å²) in [5, 5.41) is 11.5. The molecule has 0 aromatic heterocycles. The van der Waals surface area contributed by atoms with Crippen LogP contribution in [0.2, 0.25) is 0 Å². The van der Waals surface area contributed by atoms with Gasteiger partial charge in [-0.15, -0.1) is 0 Å². The van der Waals surface area contributed by atoms with Crippen LogP contribution in [0.5, 0.6) is 0 Å². The van der Waals surface area contributed by atoms with Gasteiger partial charge >= 0.3 is 6.03 Å². The number of amides is 2. The van der Waals surface area contributed by atoms with Gasteiger partial charge in [0.25, 0.3) is 0 Å². The summed E-state index contributed by atoms with van der Waals surface area (Å²) in [6, 6.07) is 2.31. The fourth-order valence-corrected chi connectivity index (χ4v) is 1.71. The SMILES string of the molecule is O=C(Nc1cc(F)ccc1F)N1CC[C@H](O)C1. The fraction of sp³-hybridized carbons (Fsp3) is 0.364. The number of urea groups is 1. The number of halogens is 2. The van der Waals surface area contributed by atoms with Gasteiger partial charge in [0.1, 0.15) is 11.6 Å². The number of carbonyl (C=O) groups excluding carboxylic acids is 1. The lowest BCUT2D eigenvalue weighted by Crippen LogP contribution is -2.33. The third-order valence-electron chi connectivity index (χ3n) is 2.62. The predicted molar refractivity (Wildman–Crippen MR) is 57.6 cm³/mol. The standard InChI is InChI=1S/C11H12F2N2O2/c12-7-1-2-9(13)10(5-7)14-11(17)15-4-3-8(16)6-15/h1-2,5,8,16H,3-4,6H2,(H,14,17)/t8-/m0/s1. The second kappa shape index (κ2) is 4.67. The Morgan fingerprint density at radius 2 is 2.24 bits per heavy atom. The number of rotatable bonds is 1. The highest BCUT2D eigenvalue weighted by atomic mass is 19.1. The first-order valence-electron chi connectivity index (χ1n) is 5.25. The summed E-state index contributed by atoms with van der Waals surface area (Å²) in [7, 11) is 0. The molecule has 4 nitrogen and oxygen atoms in total. The number of nitrogens with one attached hydrogen (secondary N) is 1. The molecule has 1 aliphatic rings. The van der Waals surface area contributed by atoms with Gasteiger partial charge in [-0.3, -0.25) is 0 Å². The first-order valence-corrected chi connectivity index (χ1v) is 5.25. The Morgan fingerprint density at radius 3 is 2.88 bits per heavy atom. The molecule has 0 unspecified atom stereocenters. The van der Waals surface area contributed by atoms with Crippen LogP contribution >= 0.6 is 0 Å². The zero-order chi connectivity index (χ0) is 12.4. The second-order valence-corrected chi connectivity index (χ2v) is 3.94. The summed E-state index contributed by atoms with van der Waals surface area (Å²) < 4.78 is 26.1. The normalized spacial score (nSPS) is 19.5. The smallest absolute Gasteiger partial charge is 0.322 e. The number of carbonyl (C=O) groups is 1. The van der Waals surface area contributed by atoms with Crippen molar-refractivity contribution in [1.82, 2.24) is 4.90 Å². The number of benzene rings is 1. The van der Waals surface area contributed by atoms with E-state index in [4.69, 9.17) is 0 Å². The Bertz CT molecular complexity index is 439. The van der Waals surface area contributed by atoms with Crippen molar-refractivity contribution >= 4 is 11.7 Å². The maximum absolute atomic E-state index is 13.2. The van der Waals surface area contributed by atoms with Gasteiger partial charge in [0, 0.05) is 19.2 Å². The van der Waals surface area contributed by atoms with Crippen molar-refractivity contribution in [1.29, 1.82) is 0 Å². The van der Waals surface area contributed by atoms with Crippen LogP contribution < -0.4 is 5.32 Å². The molecule has 2 amide bonds. The number of hydrogen-bond acceptors (Lipinski definition) is 2. The summed E-state index contributed by atoms with van der Waals surface area (Å²) in [5.74, 6) is -1.32. The van der Waals surface area contributed by atoms with Crippen molar-refractivity contribution in [2.75, 3.05) is 18.4 Å². The lowest BCUT2D eigenvalue weighted by atomic mass is 10.3. The molecule has 0 bridgehead atoms. The average molecular weight is 242 g/mol. The Labute approximate surface area is 96.8 Å². The third kappa shape index (κ3) is 2.71. The fourth-order valence-electron chi connectivity index (χ4n) is 1.71. The van der Waals surface area contributed by atoms with Gasteiger partial charge in [-0.1, -0.05) is 0 Å². The minimum Gasteiger partial charge on any atom is -0.391 e. The van der Waals surface area contributed by atoms with E-state index in [0.29, 0.717) is 13.0 Å². The van der Waals surface area contributed by atoms with Gasteiger partial charge in [0.15, 0.2) is 0 Å². The molecule has 0 aliphatic carbocycles. The molecule has 1 aromatic rings. The van der Waals surface area contributed by atoms with E-state index in [1.54, 1.807) is 0 Å². The Balaban J connectivity index is 2.05. The van der Waals surface area contributed by atoms with E-state index >= 15 is 0 Å². The molecule has 6 heteroatoms. The van der Waals surface area contributed by atoms with Crippen LogP contribution in [-0.2, 0) is 0 Å². The minimum atomic E-state index is -0.695. The Morgan fingerprint density at radius 1 is 1.47 bits per heavy atom. The van der Waals surface area contributed by atoms with Crippen LogP contribution in [0.1, 0.15) is 6.42 Å². The molecule has 92 valence electrons. The van der Waals surface area contributed by atoms with Crippen molar-refractivity contribution in [3.8, 4) is 0 Å². The molecule has 0 saturated carbocycles. The first kappa shape index (κ1) is 11.8. The molecule has 1 fully saturated rings. The van der Waals surface area contributed by atoms with Gasteiger partial charge in [-0.25, -0.2) is 13.6 Å². The van der Waals surface area contributed by atoms with Gasteiger partial charge < -0.3 is 15.3 Å². The number of anilines is 1. The van der Waals surface area contributed by atoms with Crippen LogP contribution in [-0.4, -0.2) is 35.2 Å². The summed E-state index contributed by atoms with van der Waals surface area (Å²) in [6.07, 6.45) is -0.0444. The minimum absolute atomic E-state index is 0.198. The quantitative estimate of drug-likeness (QED) is 0.785. The van der Waals surface area contributed by atoms with Crippen LogP contribution in [0.15, 0.2) is 18.2 Å². The van der Waals surface area contributed by atoms with E-state index in [-0.39, 0.29) is 12.2 Å². The lowest BCUT2D eigenvalue weighted by Gasteiger charge is -2.16. The first-order chi connectivity index (χ1) is 8.06. The Kier molecular flexibility index (Phi) is 3.23. The summed E-state index contributed by atoms with van der Waals surface area (Å²) in [5.41, 5.74) is -0.198. The van der Waals surface area contributed by atoms with E-state index in [1.165, 1.54) is 4.90 Å². The molecule has 1 heterocycles. The van der Waals surface area contributed by atoms with E-state index in [2.05, 4.69) is 5.32 Å². The predicted octanol–water partition coefficient (Wildman–Crippen LogP) is 1.56. The molecule has 17 heavy (non-hydrogen) atoms. The van der Waals surface area contributed by atoms with Gasteiger partial charge in [0.2, 0.25) is 0 Å². The summed E-state index contributed by atoms with van der Waals surface area (Å²) >= 11 is 0. The average Bonchev–Trinajstić information content (AvgIpc) is 2.70. The lowest BCUT2D eigenvalue weighted by molar-refractivity contribution is 0.176. The molecule has 2 rings (SSSR count). The second-order valence-electron chi connectivity index (χ2n) is 3.94. The summed E-state index contributed by atoms with van der Waals surface area (Å²) in [6.45, 7) is 0.618. The van der Waals surface area contributed by atoms with Crippen molar-refractivity contribution in [3.63, 3.8) is 0 Å². The van der Waals surface area contributed by atoms with Crippen molar-refractivity contribution < 1.29 is 18.7 Å². The van der Waals surface area contributed by atoms with Crippen LogP contribution in [0, 0.1) is 11.6 Å². The number of aliphatic hydroxyl groups is 1. The molecule has 1 saturated heterocycles. The van der Waals surface area contributed by atoms with E-state index in [1.807, 2.05) is 0 Å². The van der Waals surface area contributed by atoms with Gasteiger partial charge in [-0.05, 0) is 18.6 Å².